The third kappa shape index (κ3) is 5.78. The number of amides is 1. The van der Waals surface area contributed by atoms with E-state index in [1.54, 1.807) is 36.3 Å². The number of para-hydroxylation sites is 1. The molecule has 8 nitrogen and oxygen atoms in total. The highest BCUT2D eigenvalue weighted by molar-refractivity contribution is 7.89. The number of carbonyl (C=O) groups excluding carboxylic acids is 1. The average molecular weight is 566 g/mol. The number of carbonyl (C=O) groups is 1. The van der Waals surface area contributed by atoms with Crippen molar-refractivity contribution in [1.29, 1.82) is 0 Å². The Balaban J connectivity index is 1.37. The SMILES string of the molecule is CCOc1cccc2sc(N(Cc3ccccc3)C(=O)C3CCN(S(=O)(=O)c4ccc(OC)cc4)CC3)nc12. The number of nitrogens with zero attached hydrogens (tertiary/aromatic N) is 3. The first kappa shape index (κ1) is 27.1. The van der Waals surface area contributed by atoms with E-state index in [0.717, 1.165) is 15.8 Å². The zero-order chi connectivity index (χ0) is 27.4. The van der Waals surface area contributed by atoms with Gasteiger partial charge in [-0.3, -0.25) is 9.69 Å². The smallest absolute Gasteiger partial charge is 0.243 e. The molecule has 1 saturated heterocycles. The van der Waals surface area contributed by atoms with Gasteiger partial charge in [0.2, 0.25) is 15.9 Å². The van der Waals surface area contributed by atoms with Crippen molar-refractivity contribution in [3.8, 4) is 11.5 Å². The Morgan fingerprint density at radius 3 is 2.41 bits per heavy atom. The number of thiazole rings is 1. The number of sulfonamides is 1. The minimum absolute atomic E-state index is 0.0441. The lowest BCUT2D eigenvalue weighted by Crippen LogP contribution is -2.44. The first-order valence-corrected chi connectivity index (χ1v) is 15.2. The van der Waals surface area contributed by atoms with Gasteiger partial charge >= 0.3 is 0 Å². The van der Waals surface area contributed by atoms with Crippen molar-refractivity contribution in [2.45, 2.75) is 31.2 Å². The molecule has 0 bridgehead atoms. The van der Waals surface area contributed by atoms with E-state index in [-0.39, 0.29) is 29.8 Å². The van der Waals surface area contributed by atoms with Gasteiger partial charge in [-0.15, -0.1) is 0 Å². The summed E-state index contributed by atoms with van der Waals surface area (Å²) in [6, 6.07) is 22.0. The highest BCUT2D eigenvalue weighted by Crippen LogP contribution is 2.36. The first-order chi connectivity index (χ1) is 18.9. The van der Waals surface area contributed by atoms with Crippen LogP contribution < -0.4 is 14.4 Å². The van der Waals surface area contributed by atoms with E-state index in [1.165, 1.54) is 15.6 Å². The van der Waals surface area contributed by atoms with E-state index in [2.05, 4.69) is 0 Å². The van der Waals surface area contributed by atoms with Crippen molar-refractivity contribution in [1.82, 2.24) is 9.29 Å². The summed E-state index contributed by atoms with van der Waals surface area (Å²) in [5, 5.41) is 0.610. The number of piperidine rings is 1. The molecule has 3 aromatic carbocycles. The number of aromatic nitrogens is 1. The number of hydrogen-bond donors (Lipinski definition) is 0. The van der Waals surface area contributed by atoms with Crippen LogP contribution in [0.5, 0.6) is 11.5 Å². The average Bonchev–Trinajstić information content (AvgIpc) is 3.41. The summed E-state index contributed by atoms with van der Waals surface area (Å²) in [5.41, 5.74) is 1.74. The van der Waals surface area contributed by atoms with Gasteiger partial charge in [-0.1, -0.05) is 47.7 Å². The Morgan fingerprint density at radius 2 is 1.74 bits per heavy atom. The van der Waals surface area contributed by atoms with Gasteiger partial charge in [0.25, 0.3) is 0 Å². The third-order valence-electron chi connectivity index (χ3n) is 6.85. The van der Waals surface area contributed by atoms with Crippen LogP contribution in [0.15, 0.2) is 77.7 Å². The van der Waals surface area contributed by atoms with Crippen LogP contribution in [0.1, 0.15) is 25.3 Å². The summed E-state index contributed by atoms with van der Waals surface area (Å²) in [7, 11) is -2.12. The Kier molecular flexibility index (Phi) is 8.15. The van der Waals surface area contributed by atoms with Crippen LogP contribution in [0.4, 0.5) is 5.13 Å². The monoisotopic (exact) mass is 565 g/mol. The fourth-order valence-corrected chi connectivity index (χ4v) is 7.22. The van der Waals surface area contributed by atoms with Crippen LogP contribution in [0.3, 0.4) is 0 Å². The van der Waals surface area contributed by atoms with Gasteiger partial charge in [0.15, 0.2) is 5.13 Å². The lowest BCUT2D eigenvalue weighted by atomic mass is 9.96. The number of anilines is 1. The molecule has 2 heterocycles. The van der Waals surface area contributed by atoms with E-state index in [1.807, 2.05) is 55.5 Å². The number of ether oxygens (including phenoxy) is 2. The van der Waals surface area contributed by atoms with Crippen LogP contribution in [-0.2, 0) is 21.4 Å². The van der Waals surface area contributed by atoms with Crippen LogP contribution >= 0.6 is 11.3 Å². The normalized spacial score (nSPS) is 14.8. The summed E-state index contributed by atoms with van der Waals surface area (Å²) < 4.78 is 39.8. The number of hydrogen-bond acceptors (Lipinski definition) is 7. The van der Waals surface area contributed by atoms with E-state index in [4.69, 9.17) is 14.5 Å². The maximum Gasteiger partial charge on any atom is 0.243 e. The Labute approximate surface area is 232 Å². The minimum atomic E-state index is -3.66. The molecule has 0 atom stereocenters. The lowest BCUT2D eigenvalue weighted by molar-refractivity contribution is -0.123. The highest BCUT2D eigenvalue weighted by atomic mass is 32.2. The molecule has 0 spiro atoms. The van der Waals surface area contributed by atoms with E-state index in [9.17, 15) is 13.2 Å². The molecule has 1 aliphatic heterocycles. The molecule has 0 unspecified atom stereocenters. The first-order valence-electron chi connectivity index (χ1n) is 12.9. The molecule has 10 heteroatoms. The maximum absolute atomic E-state index is 14.0. The molecule has 1 fully saturated rings. The van der Waals surface area contributed by atoms with Gasteiger partial charge in [0, 0.05) is 19.0 Å². The van der Waals surface area contributed by atoms with Gasteiger partial charge in [-0.2, -0.15) is 4.31 Å². The maximum atomic E-state index is 14.0. The number of benzene rings is 3. The standard InChI is InChI=1S/C29H31N3O5S2/c1-3-37-25-10-7-11-26-27(25)30-29(38-26)32(20-21-8-5-4-6-9-21)28(33)22-16-18-31(19-17-22)39(34,35)24-14-12-23(36-2)13-15-24/h4-15,22H,3,16-20H2,1-2H3. The van der Waals surface area contributed by atoms with E-state index in [0.29, 0.717) is 42.6 Å². The summed E-state index contributed by atoms with van der Waals surface area (Å²) in [6.07, 6.45) is 0.878. The number of rotatable bonds is 9. The Morgan fingerprint density at radius 1 is 1.03 bits per heavy atom. The van der Waals surface area contributed by atoms with Crippen molar-refractivity contribution >= 4 is 42.6 Å². The van der Waals surface area contributed by atoms with Crippen molar-refractivity contribution in [3.05, 3.63) is 78.4 Å². The zero-order valence-electron chi connectivity index (χ0n) is 21.9. The minimum Gasteiger partial charge on any atom is -0.497 e. The molecule has 0 aliphatic carbocycles. The lowest BCUT2D eigenvalue weighted by Gasteiger charge is -2.33. The summed E-state index contributed by atoms with van der Waals surface area (Å²) >= 11 is 1.46. The molecule has 5 rings (SSSR count). The predicted molar refractivity (Wildman–Crippen MR) is 153 cm³/mol. The fourth-order valence-electron chi connectivity index (χ4n) is 4.77. The molecule has 0 radical (unpaired) electrons. The van der Waals surface area contributed by atoms with Gasteiger partial charge in [0.1, 0.15) is 17.0 Å². The molecule has 204 valence electrons. The van der Waals surface area contributed by atoms with E-state index >= 15 is 0 Å². The van der Waals surface area contributed by atoms with Gasteiger partial charge in [-0.05, 0) is 61.7 Å². The predicted octanol–water partition coefficient (Wildman–Crippen LogP) is 5.34. The van der Waals surface area contributed by atoms with Crippen LogP contribution in [-0.4, -0.2) is 50.4 Å². The summed E-state index contributed by atoms with van der Waals surface area (Å²) in [5.74, 6) is 0.938. The van der Waals surface area contributed by atoms with Crippen LogP contribution in [0, 0.1) is 5.92 Å². The molecular formula is C29H31N3O5S2. The highest BCUT2D eigenvalue weighted by Gasteiger charge is 2.35. The van der Waals surface area contributed by atoms with Crippen LogP contribution in [0.2, 0.25) is 0 Å². The second kappa shape index (κ2) is 11.7. The second-order valence-electron chi connectivity index (χ2n) is 9.30. The molecule has 0 saturated carbocycles. The molecule has 0 N–H and O–H groups in total. The summed E-state index contributed by atoms with van der Waals surface area (Å²) in [6.45, 7) is 3.39. The van der Waals surface area contributed by atoms with Gasteiger partial charge < -0.3 is 9.47 Å². The topological polar surface area (TPSA) is 89.0 Å². The van der Waals surface area contributed by atoms with Crippen LogP contribution in [0.25, 0.3) is 10.2 Å². The van der Waals surface area contributed by atoms with E-state index < -0.39 is 10.0 Å². The second-order valence-corrected chi connectivity index (χ2v) is 12.2. The number of fused-ring (bicyclic) bond motifs is 1. The fraction of sp³-hybridized carbons (Fsp3) is 0.310. The number of methoxy groups -OCH3 is 1. The zero-order valence-corrected chi connectivity index (χ0v) is 23.6. The molecule has 1 aromatic heterocycles. The largest absolute Gasteiger partial charge is 0.497 e. The Hall–Kier alpha value is -3.47. The molecule has 39 heavy (non-hydrogen) atoms. The van der Waals surface area contributed by atoms with Gasteiger partial charge in [0.05, 0.1) is 29.9 Å². The molecule has 1 aliphatic rings. The molecular weight excluding hydrogens is 534 g/mol. The molecule has 4 aromatic rings. The van der Waals surface area contributed by atoms with Gasteiger partial charge in [-0.25, -0.2) is 13.4 Å². The van der Waals surface area contributed by atoms with Crippen molar-refractivity contribution in [3.63, 3.8) is 0 Å². The third-order valence-corrected chi connectivity index (χ3v) is 9.81. The van der Waals surface area contributed by atoms with Crippen molar-refractivity contribution in [2.24, 2.45) is 5.92 Å². The van der Waals surface area contributed by atoms with Crippen molar-refractivity contribution < 1.29 is 22.7 Å². The molecule has 1 amide bonds. The Bertz CT molecular complexity index is 1530. The quantitative estimate of drug-likeness (QED) is 0.272. The van der Waals surface area contributed by atoms with Crippen molar-refractivity contribution in [2.75, 3.05) is 31.7 Å². The summed E-state index contributed by atoms with van der Waals surface area (Å²) in [4.78, 5) is 20.8.